The quantitative estimate of drug-likeness (QED) is 0.927. The van der Waals surface area contributed by atoms with E-state index in [-0.39, 0.29) is 6.04 Å². The molecule has 1 heterocycles. The zero-order chi connectivity index (χ0) is 15.6. The Labute approximate surface area is 134 Å². The van der Waals surface area contributed by atoms with E-state index < -0.39 is 10.0 Å². The summed E-state index contributed by atoms with van der Waals surface area (Å²) in [5.74, 6) is 0.617. The fourth-order valence-corrected chi connectivity index (χ4v) is 5.18. The smallest absolute Gasteiger partial charge is 0.243 e. The summed E-state index contributed by atoms with van der Waals surface area (Å²) in [6.45, 7) is 1.18. The minimum absolute atomic E-state index is 0.274. The number of benzene rings is 1. The van der Waals surface area contributed by atoms with Gasteiger partial charge in [0.05, 0.1) is 4.90 Å². The molecule has 122 valence electrons. The fourth-order valence-electron chi connectivity index (χ4n) is 3.68. The van der Waals surface area contributed by atoms with Gasteiger partial charge in [-0.3, -0.25) is 0 Å². The van der Waals surface area contributed by atoms with Crippen molar-refractivity contribution in [1.29, 1.82) is 0 Å². The lowest BCUT2D eigenvalue weighted by Gasteiger charge is -2.22. The molecule has 1 saturated carbocycles. The van der Waals surface area contributed by atoms with Gasteiger partial charge in [-0.15, -0.1) is 0 Å². The van der Waals surface area contributed by atoms with Gasteiger partial charge in [0.25, 0.3) is 0 Å². The summed E-state index contributed by atoms with van der Waals surface area (Å²) in [4.78, 5) is 0.434. The lowest BCUT2D eigenvalue weighted by atomic mass is 9.84. The third kappa shape index (κ3) is 3.21. The van der Waals surface area contributed by atoms with Crippen molar-refractivity contribution < 1.29 is 8.42 Å². The summed E-state index contributed by atoms with van der Waals surface area (Å²) < 4.78 is 27.0. The van der Waals surface area contributed by atoms with Crippen molar-refractivity contribution in [3.05, 3.63) is 29.8 Å². The summed E-state index contributed by atoms with van der Waals surface area (Å²) in [5.41, 5.74) is 1.30. The Hall–Kier alpha value is -0.910. The lowest BCUT2D eigenvalue weighted by molar-refractivity contribution is 0.443. The first-order valence-electron chi connectivity index (χ1n) is 8.38. The van der Waals surface area contributed by atoms with Crippen molar-refractivity contribution in [3.63, 3.8) is 0 Å². The number of nitrogens with zero attached hydrogens (tertiary/aromatic N) is 1. The molecule has 1 unspecified atom stereocenters. The normalized spacial score (nSPS) is 24.7. The molecule has 1 aliphatic carbocycles. The van der Waals surface area contributed by atoms with Crippen LogP contribution in [0.3, 0.4) is 0 Å². The number of rotatable bonds is 4. The Balaban J connectivity index is 1.74. The first kappa shape index (κ1) is 16.0. The molecule has 22 heavy (non-hydrogen) atoms. The van der Waals surface area contributed by atoms with Crippen LogP contribution in [0, 0.1) is 0 Å². The number of hydrogen-bond donors (Lipinski definition) is 1. The number of nitrogens with one attached hydrogen (secondary N) is 1. The molecular formula is C17H26N2O2S. The van der Waals surface area contributed by atoms with Crippen LogP contribution in [0.5, 0.6) is 0 Å². The molecule has 1 aromatic carbocycles. The predicted octanol–water partition coefficient (Wildman–Crippen LogP) is 2.72. The van der Waals surface area contributed by atoms with E-state index in [0.29, 0.717) is 23.9 Å². The highest BCUT2D eigenvalue weighted by Gasteiger charge is 2.31. The van der Waals surface area contributed by atoms with Gasteiger partial charge in [0.15, 0.2) is 0 Å². The number of hydrogen-bond acceptors (Lipinski definition) is 3. The Bertz CT molecular complexity index is 592. The van der Waals surface area contributed by atoms with Crippen LogP contribution in [0.1, 0.15) is 50.0 Å². The van der Waals surface area contributed by atoms with Gasteiger partial charge in [-0.05, 0) is 49.9 Å². The molecule has 1 atom stereocenters. The first-order valence-corrected chi connectivity index (χ1v) is 9.82. The Morgan fingerprint density at radius 3 is 2.32 bits per heavy atom. The van der Waals surface area contributed by atoms with E-state index >= 15 is 0 Å². The molecule has 0 spiro atoms. The standard InChI is InChI=1S/C17H26N2O2S/c1-18-16-11-12-19(13-16)22(20,21)17-9-7-15(8-10-17)14-5-3-2-4-6-14/h7-10,14,16,18H,2-6,11-13H2,1H3. The van der Waals surface area contributed by atoms with Crippen molar-refractivity contribution in [2.45, 2.75) is 55.4 Å². The minimum Gasteiger partial charge on any atom is -0.316 e. The van der Waals surface area contributed by atoms with E-state index in [1.165, 1.54) is 37.7 Å². The molecule has 1 aliphatic heterocycles. The summed E-state index contributed by atoms with van der Waals surface area (Å²) in [6, 6.07) is 7.91. The van der Waals surface area contributed by atoms with Crippen LogP contribution in [0.2, 0.25) is 0 Å². The Morgan fingerprint density at radius 1 is 1.05 bits per heavy atom. The molecule has 0 amide bonds. The van der Waals surface area contributed by atoms with E-state index in [0.717, 1.165) is 6.42 Å². The molecule has 5 heteroatoms. The Morgan fingerprint density at radius 2 is 1.73 bits per heavy atom. The average molecular weight is 322 g/mol. The largest absolute Gasteiger partial charge is 0.316 e. The molecular weight excluding hydrogens is 296 g/mol. The van der Waals surface area contributed by atoms with Crippen LogP contribution < -0.4 is 5.32 Å². The van der Waals surface area contributed by atoms with E-state index in [4.69, 9.17) is 0 Å². The van der Waals surface area contributed by atoms with Gasteiger partial charge < -0.3 is 5.32 Å². The third-order valence-electron chi connectivity index (χ3n) is 5.15. The first-order chi connectivity index (χ1) is 10.6. The minimum atomic E-state index is -3.34. The van der Waals surface area contributed by atoms with Crippen molar-refractivity contribution in [1.82, 2.24) is 9.62 Å². The van der Waals surface area contributed by atoms with Crippen molar-refractivity contribution in [3.8, 4) is 0 Å². The summed E-state index contributed by atoms with van der Waals surface area (Å²) in [5, 5.41) is 3.16. The maximum atomic E-state index is 12.7. The van der Waals surface area contributed by atoms with Gasteiger partial charge in [-0.1, -0.05) is 31.4 Å². The molecule has 0 radical (unpaired) electrons. The highest BCUT2D eigenvalue weighted by Crippen LogP contribution is 2.33. The van der Waals surface area contributed by atoms with Crippen LogP contribution >= 0.6 is 0 Å². The van der Waals surface area contributed by atoms with Gasteiger partial charge in [-0.25, -0.2) is 8.42 Å². The topological polar surface area (TPSA) is 49.4 Å². The van der Waals surface area contributed by atoms with Gasteiger partial charge in [-0.2, -0.15) is 4.31 Å². The van der Waals surface area contributed by atoms with E-state index in [2.05, 4.69) is 5.32 Å². The maximum absolute atomic E-state index is 12.7. The molecule has 4 nitrogen and oxygen atoms in total. The SMILES string of the molecule is CNC1CCN(S(=O)(=O)c2ccc(C3CCCCC3)cc2)C1. The van der Waals surface area contributed by atoms with E-state index in [1.807, 2.05) is 19.2 Å². The molecule has 0 aromatic heterocycles. The maximum Gasteiger partial charge on any atom is 0.243 e. The zero-order valence-corrected chi connectivity index (χ0v) is 14.1. The van der Waals surface area contributed by atoms with Crippen molar-refractivity contribution in [2.75, 3.05) is 20.1 Å². The second-order valence-corrected chi connectivity index (χ2v) is 8.48. The number of sulfonamides is 1. The summed E-state index contributed by atoms with van der Waals surface area (Å²) in [6.07, 6.45) is 7.29. The molecule has 3 rings (SSSR count). The highest BCUT2D eigenvalue weighted by atomic mass is 32.2. The van der Waals surface area contributed by atoms with Gasteiger partial charge in [0.1, 0.15) is 0 Å². The fraction of sp³-hybridized carbons (Fsp3) is 0.647. The average Bonchev–Trinajstić information content (AvgIpc) is 3.06. The highest BCUT2D eigenvalue weighted by molar-refractivity contribution is 7.89. The molecule has 0 bridgehead atoms. The van der Waals surface area contributed by atoms with Crippen LogP contribution in [0.25, 0.3) is 0 Å². The summed E-state index contributed by atoms with van der Waals surface area (Å²) >= 11 is 0. The second kappa shape index (κ2) is 6.69. The Kier molecular flexibility index (Phi) is 4.85. The molecule has 1 N–H and O–H groups in total. The summed E-state index contributed by atoms with van der Waals surface area (Å²) in [7, 11) is -1.45. The predicted molar refractivity (Wildman–Crippen MR) is 88.5 cm³/mol. The zero-order valence-electron chi connectivity index (χ0n) is 13.3. The molecule has 2 aliphatic rings. The van der Waals surface area contributed by atoms with E-state index in [9.17, 15) is 8.42 Å². The van der Waals surface area contributed by atoms with Crippen LogP contribution in [-0.2, 0) is 10.0 Å². The van der Waals surface area contributed by atoms with Crippen LogP contribution in [0.15, 0.2) is 29.2 Å². The molecule has 2 fully saturated rings. The van der Waals surface area contributed by atoms with Gasteiger partial charge >= 0.3 is 0 Å². The van der Waals surface area contributed by atoms with Crippen molar-refractivity contribution >= 4 is 10.0 Å². The second-order valence-electron chi connectivity index (χ2n) is 6.54. The van der Waals surface area contributed by atoms with Gasteiger partial charge in [0.2, 0.25) is 10.0 Å². The van der Waals surface area contributed by atoms with Gasteiger partial charge in [0, 0.05) is 19.1 Å². The van der Waals surface area contributed by atoms with Crippen LogP contribution in [0.4, 0.5) is 0 Å². The monoisotopic (exact) mass is 322 g/mol. The number of likely N-dealkylation sites (N-methyl/N-ethyl adjacent to an activating group) is 1. The van der Waals surface area contributed by atoms with Crippen LogP contribution in [-0.4, -0.2) is 38.9 Å². The molecule has 1 saturated heterocycles. The third-order valence-corrected chi connectivity index (χ3v) is 7.03. The molecule has 1 aromatic rings. The lowest BCUT2D eigenvalue weighted by Crippen LogP contribution is -2.33. The van der Waals surface area contributed by atoms with Crippen molar-refractivity contribution in [2.24, 2.45) is 0 Å². The van der Waals surface area contributed by atoms with E-state index in [1.54, 1.807) is 16.4 Å².